The van der Waals surface area contributed by atoms with Crippen LogP contribution in [0.25, 0.3) is 11.1 Å². The molecule has 154 valence electrons. The molecule has 0 radical (unpaired) electrons. The predicted molar refractivity (Wildman–Crippen MR) is 105 cm³/mol. The Bertz CT molecular complexity index is 1140. The molecule has 3 rings (SSSR count). The molecule has 0 aliphatic rings. The van der Waals surface area contributed by atoms with Crippen molar-refractivity contribution in [2.45, 2.75) is 20.0 Å². The van der Waals surface area contributed by atoms with E-state index in [0.29, 0.717) is 22.9 Å². The molecular formula is C22H17F3N2O3. The first-order chi connectivity index (χ1) is 14.1. The van der Waals surface area contributed by atoms with Crippen LogP contribution in [-0.2, 0) is 6.18 Å². The third-order valence-electron chi connectivity index (χ3n) is 4.50. The summed E-state index contributed by atoms with van der Waals surface area (Å²) in [6.07, 6.45) is -3.72. The lowest BCUT2D eigenvalue weighted by molar-refractivity contribution is -0.141. The minimum absolute atomic E-state index is 0.162. The molecule has 1 aromatic heterocycles. The van der Waals surface area contributed by atoms with Gasteiger partial charge in [-0.15, -0.1) is 0 Å². The summed E-state index contributed by atoms with van der Waals surface area (Å²) in [5.41, 5.74) is 1.37. The molecule has 30 heavy (non-hydrogen) atoms. The summed E-state index contributed by atoms with van der Waals surface area (Å²) < 4.78 is 38.5. The highest BCUT2D eigenvalue weighted by molar-refractivity contribution is 6.04. The highest BCUT2D eigenvalue weighted by Crippen LogP contribution is 2.31. The molecule has 0 atom stereocenters. The maximum absolute atomic E-state index is 12.8. The molecule has 1 amide bonds. The zero-order valence-electron chi connectivity index (χ0n) is 16.0. The van der Waals surface area contributed by atoms with Crippen LogP contribution in [0.1, 0.15) is 38.9 Å². The van der Waals surface area contributed by atoms with E-state index in [1.165, 1.54) is 25.1 Å². The third kappa shape index (κ3) is 4.48. The zero-order chi connectivity index (χ0) is 22.1. The molecule has 0 spiro atoms. The van der Waals surface area contributed by atoms with Crippen LogP contribution in [0.5, 0.6) is 5.75 Å². The number of anilines is 1. The summed E-state index contributed by atoms with van der Waals surface area (Å²) in [4.78, 5) is 27.2. The number of phenolic OH excluding ortho intramolecular Hbond substituents is 1. The van der Waals surface area contributed by atoms with Crippen molar-refractivity contribution in [2.24, 2.45) is 0 Å². The quantitative estimate of drug-likeness (QED) is 0.573. The lowest BCUT2D eigenvalue weighted by Crippen LogP contribution is -2.15. The highest BCUT2D eigenvalue weighted by atomic mass is 19.4. The second kappa shape index (κ2) is 7.98. The molecule has 0 aliphatic carbocycles. The van der Waals surface area contributed by atoms with Crippen LogP contribution in [0.3, 0.4) is 0 Å². The molecule has 0 fully saturated rings. The number of alkyl halides is 3. The normalized spacial score (nSPS) is 11.2. The van der Waals surface area contributed by atoms with E-state index in [1.54, 1.807) is 24.3 Å². The zero-order valence-corrected chi connectivity index (χ0v) is 16.0. The standard InChI is InChI=1S/C22H17F3N2O3/c1-12-3-5-16(11-18(12)14-4-6-17(13(2)28)19(29)9-14)27-21(30)15-7-8-26-20(10-15)22(23,24)25/h3-11,29H,1-2H3,(H,27,30). The maximum Gasteiger partial charge on any atom is 0.433 e. The van der Waals surface area contributed by atoms with Crippen molar-refractivity contribution in [2.75, 3.05) is 5.32 Å². The Morgan fingerprint density at radius 2 is 1.77 bits per heavy atom. The number of phenols is 1. The van der Waals surface area contributed by atoms with Gasteiger partial charge in [-0.3, -0.25) is 14.6 Å². The van der Waals surface area contributed by atoms with Gasteiger partial charge in [-0.1, -0.05) is 12.1 Å². The molecular weight excluding hydrogens is 397 g/mol. The number of nitrogens with one attached hydrogen (secondary N) is 1. The number of aromatic hydroxyl groups is 1. The number of carbonyl (C=O) groups excluding carboxylic acids is 2. The molecule has 2 N–H and O–H groups in total. The van der Waals surface area contributed by atoms with E-state index in [2.05, 4.69) is 10.3 Å². The van der Waals surface area contributed by atoms with Crippen LogP contribution < -0.4 is 5.32 Å². The number of nitrogens with zero attached hydrogens (tertiary/aromatic N) is 1. The molecule has 8 heteroatoms. The van der Waals surface area contributed by atoms with Crippen molar-refractivity contribution in [3.05, 3.63) is 77.1 Å². The van der Waals surface area contributed by atoms with Gasteiger partial charge >= 0.3 is 6.18 Å². The van der Waals surface area contributed by atoms with Gasteiger partial charge in [0.2, 0.25) is 0 Å². The highest BCUT2D eigenvalue weighted by Gasteiger charge is 2.33. The monoisotopic (exact) mass is 414 g/mol. The van der Waals surface area contributed by atoms with Crippen molar-refractivity contribution >= 4 is 17.4 Å². The number of rotatable bonds is 4. The van der Waals surface area contributed by atoms with Crippen LogP contribution in [-0.4, -0.2) is 21.8 Å². The van der Waals surface area contributed by atoms with E-state index in [9.17, 15) is 27.9 Å². The lowest BCUT2D eigenvalue weighted by Gasteiger charge is -2.12. The van der Waals surface area contributed by atoms with Gasteiger partial charge in [0.1, 0.15) is 11.4 Å². The number of aromatic nitrogens is 1. The van der Waals surface area contributed by atoms with Crippen molar-refractivity contribution in [3.63, 3.8) is 0 Å². The Morgan fingerprint density at radius 3 is 2.40 bits per heavy atom. The van der Waals surface area contributed by atoms with Crippen LogP contribution in [0, 0.1) is 6.92 Å². The smallest absolute Gasteiger partial charge is 0.433 e. The van der Waals surface area contributed by atoms with Gasteiger partial charge in [-0.25, -0.2) is 0 Å². The molecule has 1 heterocycles. The third-order valence-corrected chi connectivity index (χ3v) is 4.50. The second-order valence-electron chi connectivity index (χ2n) is 6.70. The van der Waals surface area contributed by atoms with E-state index in [-0.39, 0.29) is 22.7 Å². The second-order valence-corrected chi connectivity index (χ2v) is 6.70. The summed E-state index contributed by atoms with van der Waals surface area (Å²) in [7, 11) is 0. The van der Waals surface area contributed by atoms with Crippen LogP contribution in [0.15, 0.2) is 54.7 Å². The number of hydrogen-bond donors (Lipinski definition) is 2. The molecule has 0 aliphatic heterocycles. The SMILES string of the molecule is CC(=O)c1ccc(-c2cc(NC(=O)c3ccnc(C(F)(F)F)c3)ccc2C)cc1O. The summed E-state index contributed by atoms with van der Waals surface area (Å²) in [6.45, 7) is 3.18. The Morgan fingerprint density at radius 1 is 1.03 bits per heavy atom. The number of ketones is 1. The minimum atomic E-state index is -4.65. The number of Topliss-reactive ketones (excluding diaryl/α,β-unsaturated/α-hetero) is 1. The average molecular weight is 414 g/mol. The van der Waals surface area contributed by atoms with E-state index in [0.717, 1.165) is 11.8 Å². The Labute approximate surface area is 170 Å². The number of benzene rings is 2. The molecule has 0 unspecified atom stereocenters. The minimum Gasteiger partial charge on any atom is -0.507 e. The van der Waals surface area contributed by atoms with E-state index in [1.807, 2.05) is 6.92 Å². The fourth-order valence-electron chi connectivity index (χ4n) is 2.94. The number of carbonyl (C=O) groups is 2. The Kier molecular flexibility index (Phi) is 5.60. The first-order valence-corrected chi connectivity index (χ1v) is 8.86. The molecule has 0 saturated carbocycles. The maximum atomic E-state index is 12.8. The van der Waals surface area contributed by atoms with Crippen molar-refractivity contribution in [1.29, 1.82) is 0 Å². The van der Waals surface area contributed by atoms with Crippen molar-refractivity contribution in [3.8, 4) is 16.9 Å². The van der Waals surface area contributed by atoms with Gasteiger partial charge in [-0.05, 0) is 66.9 Å². The van der Waals surface area contributed by atoms with Gasteiger partial charge in [0, 0.05) is 17.4 Å². The number of pyridine rings is 1. The van der Waals surface area contributed by atoms with E-state index in [4.69, 9.17) is 0 Å². The summed E-state index contributed by atoms with van der Waals surface area (Å²) in [5.74, 6) is -1.15. The predicted octanol–water partition coefficient (Wildman–Crippen LogP) is 5.24. The average Bonchev–Trinajstić information content (AvgIpc) is 2.68. The number of hydrogen-bond acceptors (Lipinski definition) is 4. The Balaban J connectivity index is 1.90. The van der Waals surface area contributed by atoms with Gasteiger partial charge in [-0.2, -0.15) is 13.2 Å². The lowest BCUT2D eigenvalue weighted by atomic mass is 9.97. The van der Waals surface area contributed by atoms with Crippen LogP contribution >= 0.6 is 0 Å². The van der Waals surface area contributed by atoms with Crippen molar-refractivity contribution < 1.29 is 27.9 Å². The molecule has 3 aromatic rings. The van der Waals surface area contributed by atoms with Crippen molar-refractivity contribution in [1.82, 2.24) is 4.98 Å². The van der Waals surface area contributed by atoms with E-state index >= 15 is 0 Å². The van der Waals surface area contributed by atoms with Gasteiger partial charge < -0.3 is 10.4 Å². The molecule has 5 nitrogen and oxygen atoms in total. The number of aryl methyl sites for hydroxylation is 1. The fourth-order valence-corrected chi connectivity index (χ4v) is 2.94. The summed E-state index contributed by atoms with van der Waals surface area (Å²) in [5, 5.41) is 12.6. The van der Waals surface area contributed by atoms with Gasteiger partial charge in [0.25, 0.3) is 5.91 Å². The number of halogens is 3. The van der Waals surface area contributed by atoms with Gasteiger partial charge in [0.05, 0.1) is 5.56 Å². The first-order valence-electron chi connectivity index (χ1n) is 8.86. The van der Waals surface area contributed by atoms with E-state index < -0.39 is 17.8 Å². The summed E-state index contributed by atoms with van der Waals surface area (Å²) >= 11 is 0. The van der Waals surface area contributed by atoms with Crippen LogP contribution in [0.2, 0.25) is 0 Å². The molecule has 0 bridgehead atoms. The molecule has 0 saturated heterocycles. The largest absolute Gasteiger partial charge is 0.507 e. The summed E-state index contributed by atoms with van der Waals surface area (Å²) in [6, 6.07) is 11.5. The first kappa shape index (κ1) is 21.0. The van der Waals surface area contributed by atoms with Crippen LogP contribution in [0.4, 0.5) is 18.9 Å². The molecule has 2 aromatic carbocycles. The topological polar surface area (TPSA) is 79.3 Å². The Hall–Kier alpha value is -3.68. The fraction of sp³-hybridized carbons (Fsp3) is 0.136. The van der Waals surface area contributed by atoms with Gasteiger partial charge in [0.15, 0.2) is 5.78 Å². The number of amides is 1.